The monoisotopic (exact) mass is 1140 g/mol. The Kier molecular flexibility index (Phi) is 20.3. The summed E-state index contributed by atoms with van der Waals surface area (Å²) < 4.78 is 13.1. The molecule has 0 amide bonds. The molecular weight excluding hydrogens is 1080 g/mol. The molecule has 0 aliphatic carbocycles. The van der Waals surface area contributed by atoms with Crippen LogP contribution in [0.15, 0.2) is 231 Å². The van der Waals surface area contributed by atoms with Crippen molar-refractivity contribution in [3.63, 3.8) is 0 Å². The van der Waals surface area contributed by atoms with Gasteiger partial charge >= 0.3 is 0 Å². The van der Waals surface area contributed by atoms with E-state index in [1.807, 2.05) is 84.9 Å². The van der Waals surface area contributed by atoms with Crippen molar-refractivity contribution in [3.05, 3.63) is 276 Å². The summed E-state index contributed by atoms with van der Waals surface area (Å²) >= 11 is 0. The van der Waals surface area contributed by atoms with Gasteiger partial charge in [-0.2, -0.15) is 0 Å². The van der Waals surface area contributed by atoms with Gasteiger partial charge in [0.15, 0.2) is 0 Å². The van der Waals surface area contributed by atoms with Crippen LogP contribution in [0, 0.1) is 23.7 Å². The van der Waals surface area contributed by atoms with E-state index in [4.69, 9.17) is 19.4 Å². The van der Waals surface area contributed by atoms with Crippen molar-refractivity contribution < 1.29 is 9.47 Å². The summed E-state index contributed by atoms with van der Waals surface area (Å²) in [6, 6.07) is 69.7. The number of hydrogen-bond donors (Lipinski definition) is 0. The Bertz CT molecular complexity index is 3850. The van der Waals surface area contributed by atoms with Crippen LogP contribution in [0.2, 0.25) is 0 Å². The Morgan fingerprint density at radius 1 is 0.307 bits per heavy atom. The summed E-state index contributed by atoms with van der Waals surface area (Å²) in [6.45, 7) is 5.63. The van der Waals surface area contributed by atoms with Crippen LogP contribution in [0.3, 0.4) is 0 Å². The Labute approximate surface area is 517 Å². The van der Waals surface area contributed by atoms with Crippen LogP contribution in [-0.4, -0.2) is 43.1 Å². The first-order valence-corrected chi connectivity index (χ1v) is 30.4. The zero-order valence-electron chi connectivity index (χ0n) is 49.8. The van der Waals surface area contributed by atoms with Crippen molar-refractivity contribution in [1.82, 2.24) is 29.9 Å². The molecule has 0 saturated heterocycles. The molecule has 6 aromatic heterocycles. The molecule has 6 heterocycles. The lowest BCUT2D eigenvalue weighted by atomic mass is 10.0. The first-order valence-electron chi connectivity index (χ1n) is 30.4. The lowest BCUT2D eigenvalue weighted by Gasteiger charge is -2.14. The summed E-state index contributed by atoms with van der Waals surface area (Å²) in [4.78, 5) is 28.2. The van der Waals surface area contributed by atoms with Gasteiger partial charge in [-0.3, -0.25) is 19.9 Å². The van der Waals surface area contributed by atoms with Crippen LogP contribution in [0.4, 0.5) is 0 Å². The second-order valence-electron chi connectivity index (χ2n) is 21.4. The third-order valence-corrected chi connectivity index (χ3v) is 14.9. The van der Waals surface area contributed by atoms with Crippen LogP contribution in [0.1, 0.15) is 110 Å². The minimum absolute atomic E-state index is 0.594. The molecule has 11 rings (SSSR count). The number of hydrogen-bond acceptors (Lipinski definition) is 8. The van der Waals surface area contributed by atoms with E-state index >= 15 is 0 Å². The lowest BCUT2D eigenvalue weighted by molar-refractivity contribution is 0.295. The maximum atomic E-state index is 6.54. The molecule has 430 valence electrons. The largest absolute Gasteiger partial charge is 0.492 e. The molecule has 0 aliphatic rings. The third-order valence-electron chi connectivity index (χ3n) is 14.9. The van der Waals surface area contributed by atoms with E-state index in [1.54, 1.807) is 24.8 Å². The highest BCUT2D eigenvalue weighted by Crippen LogP contribution is 2.33. The van der Waals surface area contributed by atoms with Crippen LogP contribution in [0.5, 0.6) is 11.5 Å². The molecule has 0 fully saturated rings. The van der Waals surface area contributed by atoms with Crippen molar-refractivity contribution >= 4 is 24.3 Å². The van der Waals surface area contributed by atoms with Gasteiger partial charge in [0, 0.05) is 48.0 Å². The van der Waals surface area contributed by atoms with E-state index in [9.17, 15) is 0 Å². The summed E-state index contributed by atoms with van der Waals surface area (Å²) in [6.07, 6.45) is 24.5. The second kappa shape index (κ2) is 30.3. The van der Waals surface area contributed by atoms with Crippen molar-refractivity contribution in [1.29, 1.82) is 0 Å². The fourth-order valence-electron chi connectivity index (χ4n) is 9.98. The van der Waals surface area contributed by atoms with E-state index in [2.05, 4.69) is 203 Å². The Morgan fingerprint density at radius 2 is 0.625 bits per heavy atom. The first kappa shape index (κ1) is 59.0. The molecule has 0 atom stereocenters. The Balaban J connectivity index is 0.785. The molecule has 0 saturated carbocycles. The highest BCUT2D eigenvalue weighted by Gasteiger charge is 2.14. The first-order chi connectivity index (χ1) is 43.5. The fourth-order valence-corrected chi connectivity index (χ4v) is 9.98. The van der Waals surface area contributed by atoms with Crippen LogP contribution in [-0.2, 0) is 0 Å². The molecule has 0 unspecified atom stereocenters. The standard InChI is InChI=1S/C80H68N6O2/c1-3-5-7-17-51-87-79-57-68(46-40-62-31-25-60(26-32-62)28-34-64-37-43-66(44-38-64)70-55-77(73-21-11-15-49-83-73)86-78(56-70)74-22-12-16-50-84-74)80(88-52-18-8-6-4-2)58-67(79)45-39-61-29-23-59(24-30-61)27-33-63-35-41-65(42-36-63)69-53-75(71-19-9-13-47-81-71)85-76(54-69)72-20-10-14-48-82-72/h9-16,19-38,41-44,47-50,53-58H,3-8,17-18,51-52H2,1-2H3/b33-27+,34-28+. The molecule has 0 radical (unpaired) electrons. The highest BCUT2D eigenvalue weighted by molar-refractivity contribution is 5.79. The fraction of sp³-hybridized carbons (Fsp3) is 0.150. The van der Waals surface area contributed by atoms with E-state index in [-0.39, 0.29) is 0 Å². The van der Waals surface area contributed by atoms with Gasteiger partial charge in [0.25, 0.3) is 0 Å². The quantitative estimate of drug-likeness (QED) is 0.0376. The topological polar surface area (TPSA) is 95.8 Å². The molecular formula is C80H68N6O2. The lowest BCUT2D eigenvalue weighted by Crippen LogP contribution is -2.03. The zero-order chi connectivity index (χ0) is 60.0. The van der Waals surface area contributed by atoms with Gasteiger partial charge < -0.3 is 9.47 Å². The maximum Gasteiger partial charge on any atom is 0.136 e. The number of nitrogens with zero attached hydrogens (tertiary/aromatic N) is 6. The van der Waals surface area contributed by atoms with Gasteiger partial charge in [0.1, 0.15) is 11.5 Å². The number of rotatable bonds is 22. The minimum atomic E-state index is 0.594. The zero-order valence-corrected chi connectivity index (χ0v) is 49.8. The number of pyridine rings is 6. The molecule has 11 aromatic rings. The van der Waals surface area contributed by atoms with Crippen LogP contribution >= 0.6 is 0 Å². The maximum absolute atomic E-state index is 6.54. The Morgan fingerprint density at radius 3 is 0.920 bits per heavy atom. The second-order valence-corrected chi connectivity index (χ2v) is 21.4. The SMILES string of the molecule is CCCCCCOc1cc(C#Cc2ccc(/C=C/c3ccc(-c4cc(-c5ccccn5)nc(-c5ccccn5)c4)cc3)cc2)c(OCCCCCC)cc1C#Cc1ccc(/C=C/c2ccc(-c3cc(-c4ccccn4)nc(-c4ccccn4)c3)cc2)cc1. The summed E-state index contributed by atoms with van der Waals surface area (Å²) in [5.74, 6) is 15.2. The van der Waals surface area contributed by atoms with Crippen LogP contribution < -0.4 is 9.47 Å². The summed E-state index contributed by atoms with van der Waals surface area (Å²) in [5.41, 5.74) is 18.4. The van der Waals surface area contributed by atoms with Gasteiger partial charge in [-0.25, -0.2) is 9.97 Å². The van der Waals surface area contributed by atoms with Gasteiger partial charge in [0.2, 0.25) is 0 Å². The highest BCUT2D eigenvalue weighted by atomic mass is 16.5. The number of ether oxygens (including phenoxy) is 2. The molecule has 0 aliphatic heterocycles. The van der Waals surface area contributed by atoms with Gasteiger partial charge in [-0.1, -0.05) is 197 Å². The van der Waals surface area contributed by atoms with E-state index in [0.29, 0.717) is 24.7 Å². The normalized spacial score (nSPS) is 11.0. The van der Waals surface area contributed by atoms with E-state index in [1.165, 1.54) is 12.8 Å². The van der Waals surface area contributed by atoms with Gasteiger partial charge in [-0.15, -0.1) is 0 Å². The van der Waals surface area contributed by atoms with Crippen molar-refractivity contribution in [3.8, 4) is 103 Å². The molecule has 0 spiro atoms. The van der Waals surface area contributed by atoms with Crippen molar-refractivity contribution in [2.24, 2.45) is 0 Å². The number of aromatic nitrogens is 6. The third kappa shape index (κ3) is 16.3. The average molecular weight is 1150 g/mol. The number of unbranched alkanes of at least 4 members (excludes halogenated alkanes) is 6. The number of benzene rings is 5. The Hall–Kier alpha value is -10.8. The molecule has 5 aromatic carbocycles. The predicted molar refractivity (Wildman–Crippen MR) is 361 cm³/mol. The van der Waals surface area contributed by atoms with Crippen LogP contribution in [0.25, 0.3) is 92.1 Å². The molecule has 8 nitrogen and oxygen atoms in total. The predicted octanol–water partition coefficient (Wildman–Crippen LogP) is 19.1. The molecule has 0 bridgehead atoms. The average Bonchev–Trinajstić information content (AvgIpc) is 2.79. The van der Waals surface area contributed by atoms with Crippen molar-refractivity contribution in [2.45, 2.75) is 65.2 Å². The molecule has 0 N–H and O–H groups in total. The molecule has 88 heavy (non-hydrogen) atoms. The summed E-state index contributed by atoms with van der Waals surface area (Å²) in [7, 11) is 0. The minimum Gasteiger partial charge on any atom is -0.492 e. The smallest absolute Gasteiger partial charge is 0.136 e. The molecule has 8 heteroatoms. The summed E-state index contributed by atoms with van der Waals surface area (Å²) in [5, 5.41) is 0. The van der Waals surface area contributed by atoms with Gasteiger partial charge in [-0.05, 0) is 154 Å². The van der Waals surface area contributed by atoms with E-state index < -0.39 is 0 Å². The van der Waals surface area contributed by atoms with E-state index in [0.717, 1.165) is 151 Å². The van der Waals surface area contributed by atoms with Crippen molar-refractivity contribution in [2.75, 3.05) is 13.2 Å². The van der Waals surface area contributed by atoms with Gasteiger partial charge in [0.05, 0.1) is 69.9 Å².